The fourth-order valence-electron chi connectivity index (χ4n) is 2.93. The van der Waals surface area contributed by atoms with Crippen molar-refractivity contribution in [2.45, 2.75) is 39.5 Å². The van der Waals surface area contributed by atoms with Gasteiger partial charge in [-0.3, -0.25) is 5.41 Å². The van der Waals surface area contributed by atoms with E-state index in [0.717, 1.165) is 36.0 Å². The first-order valence-electron chi connectivity index (χ1n) is 10.6. The van der Waals surface area contributed by atoms with Gasteiger partial charge in [-0.25, -0.2) is 0 Å². The van der Waals surface area contributed by atoms with Gasteiger partial charge < -0.3 is 21.9 Å². The lowest BCUT2D eigenvalue weighted by atomic mass is 9.98. The number of ether oxygens (including phenoxy) is 1. The van der Waals surface area contributed by atoms with Crippen LogP contribution in [0.4, 0.5) is 0 Å². The van der Waals surface area contributed by atoms with E-state index in [-0.39, 0.29) is 5.90 Å². The minimum Gasteiger partial charge on any atom is -0.439 e. The summed E-state index contributed by atoms with van der Waals surface area (Å²) in [6, 6.07) is 8.31. The summed E-state index contributed by atoms with van der Waals surface area (Å²) < 4.78 is 5.97. The number of benzene rings is 1. The van der Waals surface area contributed by atoms with Crippen molar-refractivity contribution in [1.29, 1.82) is 5.41 Å². The summed E-state index contributed by atoms with van der Waals surface area (Å²) in [5, 5.41) is 8.30. The quantitative estimate of drug-likeness (QED) is 0.163. The van der Waals surface area contributed by atoms with Crippen LogP contribution in [0.25, 0.3) is 5.57 Å². The molecule has 1 rings (SSSR count). The molecule has 0 amide bonds. The zero-order valence-electron chi connectivity index (χ0n) is 18.7. The molecule has 0 aliphatic carbocycles. The van der Waals surface area contributed by atoms with Gasteiger partial charge in [0.1, 0.15) is 5.76 Å². The van der Waals surface area contributed by atoms with Crippen LogP contribution in [0.1, 0.15) is 44.2 Å². The van der Waals surface area contributed by atoms with Crippen molar-refractivity contribution in [3.63, 3.8) is 0 Å². The highest BCUT2D eigenvalue weighted by molar-refractivity contribution is 5.87. The molecule has 31 heavy (non-hydrogen) atoms. The normalized spacial score (nSPS) is 13.5. The molecule has 7 N–H and O–H groups in total. The first kappa shape index (κ1) is 25.7. The van der Waals surface area contributed by atoms with Crippen molar-refractivity contribution in [3.8, 4) is 0 Å². The maximum atomic E-state index is 8.30. The topological polar surface area (TPSA) is 111 Å². The van der Waals surface area contributed by atoms with Gasteiger partial charge in [0, 0.05) is 23.8 Å². The van der Waals surface area contributed by atoms with Gasteiger partial charge in [-0.1, -0.05) is 62.9 Å². The zero-order chi connectivity index (χ0) is 23.1. The van der Waals surface area contributed by atoms with Crippen LogP contribution in [-0.4, -0.2) is 12.4 Å². The number of nitrogens with one attached hydrogen (secondary N) is 1. The van der Waals surface area contributed by atoms with Crippen LogP contribution in [0.2, 0.25) is 0 Å². The summed E-state index contributed by atoms with van der Waals surface area (Å²) in [5.74, 6) is 0.609. The minimum absolute atomic E-state index is 0.0169. The molecular weight excluding hydrogens is 384 g/mol. The van der Waals surface area contributed by atoms with Crippen LogP contribution in [-0.2, 0) is 11.2 Å². The molecule has 0 aliphatic heterocycles. The average Bonchev–Trinajstić information content (AvgIpc) is 2.76. The predicted octanol–water partition coefficient (Wildman–Crippen LogP) is 5.09. The summed E-state index contributed by atoms with van der Waals surface area (Å²) in [6.45, 7) is 8.64. The van der Waals surface area contributed by atoms with Crippen LogP contribution in [0.15, 0.2) is 90.5 Å². The molecule has 0 fully saturated rings. The number of hydrogen-bond donors (Lipinski definition) is 4. The van der Waals surface area contributed by atoms with Gasteiger partial charge in [0.25, 0.3) is 0 Å². The second kappa shape index (κ2) is 14.6. The first-order chi connectivity index (χ1) is 15.0. The highest BCUT2D eigenvalue weighted by atomic mass is 16.5. The van der Waals surface area contributed by atoms with Gasteiger partial charge in [-0.05, 0) is 60.9 Å². The number of hydrogen-bond acceptors (Lipinski definition) is 5. The van der Waals surface area contributed by atoms with E-state index < -0.39 is 0 Å². The Labute approximate surface area is 186 Å². The highest BCUT2D eigenvalue weighted by Crippen LogP contribution is 2.26. The standard InChI is InChI=1S/C26H36N4O/c1-4-20(5-2)18-25(31-26(30)19-23(29)10-8-7-9-16-27)24(6-3)22-13-11-21(12-14-22)15-17-28/h4,7-9,11-14,16,18-19,30H,1,5-6,10,15,17,27-29H2,2-3H3/b8-7-,16-9-,20-18+,23-19?,25-24-,30-26?. The number of nitrogens with two attached hydrogens (primary N) is 3. The van der Waals surface area contributed by atoms with Crippen molar-refractivity contribution in [3.05, 3.63) is 102 Å². The molecule has 5 nitrogen and oxygen atoms in total. The summed E-state index contributed by atoms with van der Waals surface area (Å²) in [5.41, 5.74) is 21.8. The van der Waals surface area contributed by atoms with E-state index in [1.807, 2.05) is 18.2 Å². The van der Waals surface area contributed by atoms with Gasteiger partial charge >= 0.3 is 0 Å². The molecule has 166 valence electrons. The molecule has 1 aromatic rings. The van der Waals surface area contributed by atoms with E-state index in [1.165, 1.54) is 17.8 Å². The Morgan fingerprint density at radius 2 is 1.81 bits per heavy atom. The Morgan fingerprint density at radius 3 is 2.35 bits per heavy atom. The summed E-state index contributed by atoms with van der Waals surface area (Å²) in [4.78, 5) is 0. The van der Waals surface area contributed by atoms with Crippen molar-refractivity contribution in [1.82, 2.24) is 0 Å². The summed E-state index contributed by atoms with van der Waals surface area (Å²) in [7, 11) is 0. The Bertz CT molecular complexity index is 871. The maximum absolute atomic E-state index is 8.30. The lowest BCUT2D eigenvalue weighted by molar-refractivity contribution is 0.434. The van der Waals surface area contributed by atoms with Gasteiger partial charge in [-0.2, -0.15) is 0 Å². The fourth-order valence-corrected chi connectivity index (χ4v) is 2.93. The summed E-state index contributed by atoms with van der Waals surface area (Å²) in [6.07, 6.45) is 15.0. The molecule has 0 saturated heterocycles. The smallest absolute Gasteiger partial charge is 0.213 e. The van der Waals surface area contributed by atoms with Crippen molar-refractivity contribution in [2.24, 2.45) is 17.2 Å². The lowest BCUT2D eigenvalue weighted by Crippen LogP contribution is -2.06. The molecule has 0 heterocycles. The predicted molar refractivity (Wildman–Crippen MR) is 133 cm³/mol. The molecule has 0 atom stereocenters. The van der Waals surface area contributed by atoms with E-state index >= 15 is 0 Å². The van der Waals surface area contributed by atoms with E-state index in [1.54, 1.807) is 12.2 Å². The lowest BCUT2D eigenvalue weighted by Gasteiger charge is -2.14. The number of rotatable bonds is 12. The van der Waals surface area contributed by atoms with Crippen LogP contribution < -0.4 is 17.2 Å². The second-order valence-corrected chi connectivity index (χ2v) is 6.91. The van der Waals surface area contributed by atoms with Gasteiger partial charge in [0.15, 0.2) is 0 Å². The molecule has 0 saturated carbocycles. The maximum Gasteiger partial charge on any atom is 0.213 e. The largest absolute Gasteiger partial charge is 0.439 e. The van der Waals surface area contributed by atoms with Crippen LogP contribution in [0.5, 0.6) is 0 Å². The molecule has 1 aromatic carbocycles. The van der Waals surface area contributed by atoms with Crippen LogP contribution >= 0.6 is 0 Å². The van der Waals surface area contributed by atoms with Gasteiger partial charge in [-0.15, -0.1) is 0 Å². The van der Waals surface area contributed by atoms with Crippen molar-refractivity contribution in [2.75, 3.05) is 6.54 Å². The molecule has 5 heteroatoms. The Morgan fingerprint density at radius 1 is 1.10 bits per heavy atom. The Kier molecular flexibility index (Phi) is 12.1. The first-order valence-corrected chi connectivity index (χ1v) is 10.6. The molecule has 0 aromatic heterocycles. The monoisotopic (exact) mass is 420 g/mol. The SMILES string of the molecule is C=C/C(=C\C(OC(=N)C=C(N)C/C=C\C=C/N)=C(/CC)c1ccc(CCN)cc1)CC. The molecular formula is C26H36N4O. The molecule has 0 aliphatic rings. The third-order valence-electron chi connectivity index (χ3n) is 4.62. The minimum atomic E-state index is -0.0169. The zero-order valence-corrected chi connectivity index (χ0v) is 18.7. The van der Waals surface area contributed by atoms with Crippen molar-refractivity contribution < 1.29 is 4.74 Å². The van der Waals surface area contributed by atoms with Crippen LogP contribution in [0.3, 0.4) is 0 Å². The van der Waals surface area contributed by atoms with E-state index in [4.69, 9.17) is 27.3 Å². The molecule has 0 radical (unpaired) electrons. The summed E-state index contributed by atoms with van der Waals surface area (Å²) >= 11 is 0. The fraction of sp³-hybridized carbons (Fsp3) is 0.269. The average molecular weight is 421 g/mol. The van der Waals surface area contributed by atoms with Gasteiger partial charge in [0.05, 0.1) is 0 Å². The molecule has 0 bridgehead atoms. The highest BCUT2D eigenvalue weighted by Gasteiger charge is 2.11. The Hall–Kier alpha value is -3.31. The Balaban J connectivity index is 3.27. The second-order valence-electron chi connectivity index (χ2n) is 6.91. The number of allylic oxidation sites excluding steroid dienone is 7. The van der Waals surface area contributed by atoms with Gasteiger partial charge in [0.2, 0.25) is 5.90 Å². The van der Waals surface area contributed by atoms with E-state index in [9.17, 15) is 0 Å². The molecule has 0 unspecified atom stereocenters. The third kappa shape index (κ3) is 9.36. The van der Waals surface area contributed by atoms with Crippen LogP contribution in [0, 0.1) is 5.41 Å². The van der Waals surface area contributed by atoms with E-state index in [2.05, 4.69) is 44.7 Å². The van der Waals surface area contributed by atoms with Crippen molar-refractivity contribution >= 4 is 11.5 Å². The molecule has 0 spiro atoms. The van der Waals surface area contributed by atoms with E-state index in [0.29, 0.717) is 24.4 Å². The third-order valence-corrected chi connectivity index (χ3v) is 4.62.